The summed E-state index contributed by atoms with van der Waals surface area (Å²) < 4.78 is 0. The summed E-state index contributed by atoms with van der Waals surface area (Å²) in [6.07, 6.45) is 4.84. The quantitative estimate of drug-likeness (QED) is 0.633. The molecule has 0 saturated carbocycles. The van der Waals surface area contributed by atoms with Crippen molar-refractivity contribution in [3.05, 3.63) is 81.9 Å². The van der Waals surface area contributed by atoms with Gasteiger partial charge >= 0.3 is 0 Å². The molecule has 2 atom stereocenters. The molecule has 0 spiro atoms. The monoisotopic (exact) mass is 286 g/mol. The highest BCUT2D eigenvalue weighted by Gasteiger charge is 2.31. The van der Waals surface area contributed by atoms with Gasteiger partial charge in [-0.05, 0) is 28.2 Å². The van der Waals surface area contributed by atoms with Crippen LogP contribution in [0.2, 0.25) is 0 Å². The van der Waals surface area contributed by atoms with Crippen LogP contribution in [0.1, 0.15) is 54.9 Å². The SMILES string of the molecule is CC(C1=Cc2ccccc2C1C)C1=Cc2ccccc2C1C. The van der Waals surface area contributed by atoms with E-state index in [9.17, 15) is 0 Å². The van der Waals surface area contributed by atoms with Crippen LogP contribution in [-0.2, 0) is 0 Å². The topological polar surface area (TPSA) is 0 Å². The molecule has 2 aliphatic carbocycles. The number of rotatable bonds is 2. The Balaban J connectivity index is 1.69. The van der Waals surface area contributed by atoms with Crippen LogP contribution in [0, 0.1) is 5.92 Å². The summed E-state index contributed by atoms with van der Waals surface area (Å²) in [5.41, 5.74) is 8.89. The normalized spacial score (nSPS) is 23.6. The van der Waals surface area contributed by atoms with Gasteiger partial charge in [0.1, 0.15) is 0 Å². The Bertz CT molecular complexity index is 724. The summed E-state index contributed by atoms with van der Waals surface area (Å²) in [5, 5.41) is 0. The van der Waals surface area contributed by atoms with Crippen LogP contribution >= 0.6 is 0 Å². The van der Waals surface area contributed by atoms with Gasteiger partial charge in [0, 0.05) is 11.8 Å². The number of fused-ring (bicyclic) bond motifs is 2. The first-order valence-electron chi connectivity index (χ1n) is 8.27. The fourth-order valence-corrected chi connectivity index (χ4v) is 4.23. The maximum atomic E-state index is 2.42. The molecule has 0 heteroatoms. The lowest BCUT2D eigenvalue weighted by Gasteiger charge is -2.23. The third-order valence-electron chi connectivity index (χ3n) is 5.57. The van der Waals surface area contributed by atoms with E-state index in [0.29, 0.717) is 17.8 Å². The molecule has 0 nitrogen and oxygen atoms in total. The van der Waals surface area contributed by atoms with E-state index in [2.05, 4.69) is 81.5 Å². The number of hydrogen-bond acceptors (Lipinski definition) is 0. The Kier molecular flexibility index (Phi) is 3.07. The predicted molar refractivity (Wildman–Crippen MR) is 94.8 cm³/mol. The first-order valence-corrected chi connectivity index (χ1v) is 8.27. The molecule has 22 heavy (non-hydrogen) atoms. The van der Waals surface area contributed by atoms with Crippen LogP contribution in [-0.4, -0.2) is 0 Å². The van der Waals surface area contributed by atoms with Gasteiger partial charge in [-0.1, -0.05) is 92.6 Å². The molecule has 2 aliphatic rings. The fourth-order valence-electron chi connectivity index (χ4n) is 4.23. The van der Waals surface area contributed by atoms with Gasteiger partial charge in [0.2, 0.25) is 0 Å². The molecule has 0 aromatic heterocycles. The number of allylic oxidation sites excluding steroid dienone is 2. The van der Waals surface area contributed by atoms with E-state index in [1.807, 2.05) is 0 Å². The summed E-state index contributed by atoms with van der Waals surface area (Å²) in [6.45, 7) is 7.07. The first-order chi connectivity index (χ1) is 10.7. The maximum absolute atomic E-state index is 2.42. The van der Waals surface area contributed by atoms with Crippen molar-refractivity contribution in [2.75, 3.05) is 0 Å². The molecule has 0 N–H and O–H groups in total. The number of benzene rings is 2. The predicted octanol–water partition coefficient (Wildman–Crippen LogP) is 6.02. The van der Waals surface area contributed by atoms with Gasteiger partial charge in [0.05, 0.1) is 0 Å². The molecule has 4 rings (SSSR count). The van der Waals surface area contributed by atoms with Crippen LogP contribution in [0.3, 0.4) is 0 Å². The summed E-state index contributed by atoms with van der Waals surface area (Å²) in [5.74, 6) is 1.57. The van der Waals surface area contributed by atoms with Crippen LogP contribution < -0.4 is 0 Å². The maximum Gasteiger partial charge on any atom is 0.00349 e. The summed E-state index contributed by atoms with van der Waals surface area (Å²) in [6, 6.07) is 17.6. The Morgan fingerprint density at radius 2 is 1.09 bits per heavy atom. The second kappa shape index (κ2) is 4.98. The zero-order valence-electron chi connectivity index (χ0n) is 13.5. The van der Waals surface area contributed by atoms with E-state index in [1.165, 1.54) is 22.3 Å². The van der Waals surface area contributed by atoms with Crippen molar-refractivity contribution >= 4 is 12.2 Å². The van der Waals surface area contributed by atoms with Gasteiger partial charge < -0.3 is 0 Å². The standard InChI is InChI=1S/C22H22/c1-14-19-10-6-4-8-17(19)12-21(14)16(3)22-13-18-9-5-7-11-20(18)15(22)2/h4-16H,1-3H3. The molecule has 110 valence electrons. The molecule has 0 saturated heterocycles. The van der Waals surface area contributed by atoms with Gasteiger partial charge in [-0.15, -0.1) is 0 Å². The molecular formula is C22H22. The highest BCUT2D eigenvalue weighted by atomic mass is 14.3. The second-order valence-electron chi connectivity index (χ2n) is 6.71. The van der Waals surface area contributed by atoms with Gasteiger partial charge in [-0.3, -0.25) is 0 Å². The molecule has 0 heterocycles. The Morgan fingerprint density at radius 3 is 1.50 bits per heavy atom. The lowest BCUT2D eigenvalue weighted by Crippen LogP contribution is -2.09. The Morgan fingerprint density at radius 1 is 0.682 bits per heavy atom. The molecule has 0 amide bonds. The fraction of sp³-hybridized carbons (Fsp3) is 0.273. The van der Waals surface area contributed by atoms with Crippen molar-refractivity contribution < 1.29 is 0 Å². The van der Waals surface area contributed by atoms with Crippen molar-refractivity contribution in [3.63, 3.8) is 0 Å². The smallest absolute Gasteiger partial charge is 0.00349 e. The third-order valence-corrected chi connectivity index (χ3v) is 5.57. The van der Waals surface area contributed by atoms with Gasteiger partial charge in [-0.25, -0.2) is 0 Å². The molecule has 2 aromatic rings. The zero-order valence-corrected chi connectivity index (χ0v) is 13.5. The van der Waals surface area contributed by atoms with E-state index >= 15 is 0 Å². The summed E-state index contributed by atoms with van der Waals surface area (Å²) in [4.78, 5) is 0. The third kappa shape index (κ3) is 1.90. The summed E-state index contributed by atoms with van der Waals surface area (Å²) in [7, 11) is 0. The molecular weight excluding hydrogens is 264 g/mol. The van der Waals surface area contributed by atoms with Crippen molar-refractivity contribution in [1.82, 2.24) is 0 Å². The van der Waals surface area contributed by atoms with Crippen LogP contribution in [0.4, 0.5) is 0 Å². The molecule has 2 unspecified atom stereocenters. The second-order valence-corrected chi connectivity index (χ2v) is 6.71. The van der Waals surface area contributed by atoms with Crippen molar-refractivity contribution in [1.29, 1.82) is 0 Å². The molecule has 0 fully saturated rings. The minimum atomic E-state index is 0.504. The first kappa shape index (κ1) is 13.6. The average Bonchev–Trinajstić information content (AvgIpc) is 3.06. The summed E-state index contributed by atoms with van der Waals surface area (Å²) >= 11 is 0. The average molecular weight is 286 g/mol. The Hall–Kier alpha value is -2.08. The van der Waals surface area contributed by atoms with Gasteiger partial charge in [-0.2, -0.15) is 0 Å². The molecule has 0 bridgehead atoms. The van der Waals surface area contributed by atoms with E-state index in [0.717, 1.165) is 0 Å². The molecule has 0 radical (unpaired) electrons. The zero-order chi connectivity index (χ0) is 15.3. The van der Waals surface area contributed by atoms with Crippen LogP contribution in [0.5, 0.6) is 0 Å². The van der Waals surface area contributed by atoms with Crippen molar-refractivity contribution in [3.8, 4) is 0 Å². The van der Waals surface area contributed by atoms with Crippen LogP contribution in [0.25, 0.3) is 12.2 Å². The highest BCUT2D eigenvalue weighted by molar-refractivity contribution is 5.72. The van der Waals surface area contributed by atoms with Crippen molar-refractivity contribution in [2.24, 2.45) is 5.92 Å². The lowest BCUT2D eigenvalue weighted by molar-refractivity contribution is 0.678. The van der Waals surface area contributed by atoms with Crippen LogP contribution in [0.15, 0.2) is 59.7 Å². The highest BCUT2D eigenvalue weighted by Crippen LogP contribution is 2.47. The Labute approximate surface area is 133 Å². The van der Waals surface area contributed by atoms with E-state index < -0.39 is 0 Å². The van der Waals surface area contributed by atoms with Crippen molar-refractivity contribution in [2.45, 2.75) is 32.6 Å². The van der Waals surface area contributed by atoms with E-state index in [-0.39, 0.29) is 0 Å². The van der Waals surface area contributed by atoms with E-state index in [4.69, 9.17) is 0 Å². The van der Waals surface area contributed by atoms with E-state index in [1.54, 1.807) is 11.1 Å². The van der Waals surface area contributed by atoms with Gasteiger partial charge in [0.25, 0.3) is 0 Å². The minimum Gasteiger partial charge on any atom is -0.0619 e. The van der Waals surface area contributed by atoms with Gasteiger partial charge in [0.15, 0.2) is 0 Å². The largest absolute Gasteiger partial charge is 0.0619 e. The minimum absolute atomic E-state index is 0.504. The molecule has 2 aromatic carbocycles. The lowest BCUT2D eigenvalue weighted by atomic mass is 9.81. The molecule has 0 aliphatic heterocycles. The number of hydrogen-bond donors (Lipinski definition) is 0.